The van der Waals surface area contributed by atoms with E-state index in [1.54, 1.807) is 13.0 Å². The summed E-state index contributed by atoms with van der Waals surface area (Å²) in [4.78, 5) is 38.6. The molecule has 0 saturated carbocycles. The maximum Gasteiger partial charge on any atom is 0.414 e. The third kappa shape index (κ3) is 5.15. The van der Waals surface area contributed by atoms with E-state index in [2.05, 4.69) is 10.6 Å². The van der Waals surface area contributed by atoms with Crippen LogP contribution in [0.3, 0.4) is 0 Å². The highest BCUT2D eigenvalue weighted by Crippen LogP contribution is 2.39. The number of hydrogen-bond acceptors (Lipinski definition) is 8. The molecule has 9 nitrogen and oxygen atoms in total. The molecule has 184 valence electrons. The van der Waals surface area contributed by atoms with E-state index < -0.39 is 27.9 Å². The van der Waals surface area contributed by atoms with E-state index in [1.807, 2.05) is 0 Å². The molecular weight excluding hydrogens is 522 g/mol. The Kier molecular flexibility index (Phi) is 7.63. The first-order valence-corrected chi connectivity index (χ1v) is 14.3. The van der Waals surface area contributed by atoms with Crippen molar-refractivity contribution in [1.29, 1.82) is 0 Å². The van der Waals surface area contributed by atoms with E-state index in [1.165, 1.54) is 21.7 Å². The van der Waals surface area contributed by atoms with Crippen LogP contribution in [0.1, 0.15) is 47.0 Å². The van der Waals surface area contributed by atoms with E-state index in [0.29, 0.717) is 34.2 Å². The zero-order chi connectivity index (χ0) is 24.5. The Morgan fingerprint density at radius 1 is 1.18 bits per heavy atom. The molecular formula is C21H24ClN3O6S3. The highest BCUT2D eigenvalue weighted by molar-refractivity contribution is 7.91. The van der Waals surface area contributed by atoms with Crippen molar-refractivity contribution in [3.8, 4) is 0 Å². The Morgan fingerprint density at radius 3 is 2.56 bits per heavy atom. The van der Waals surface area contributed by atoms with E-state index >= 15 is 0 Å². The van der Waals surface area contributed by atoms with Crippen molar-refractivity contribution >= 4 is 67.2 Å². The Balaban J connectivity index is 1.43. The van der Waals surface area contributed by atoms with Crippen LogP contribution in [0.4, 0.5) is 9.80 Å². The van der Waals surface area contributed by atoms with Crippen molar-refractivity contribution in [2.45, 2.75) is 43.2 Å². The lowest BCUT2D eigenvalue weighted by Crippen LogP contribution is -2.41. The van der Waals surface area contributed by atoms with Crippen molar-refractivity contribution in [3.63, 3.8) is 0 Å². The third-order valence-corrected chi connectivity index (χ3v) is 10.6. The number of carbonyl (C=O) groups excluding carboxylic acids is 3. The van der Waals surface area contributed by atoms with Crippen LogP contribution in [0.25, 0.3) is 0 Å². The number of piperidine rings is 1. The number of ether oxygens (including phenoxy) is 1. The lowest BCUT2D eigenvalue weighted by molar-refractivity contribution is -0.120. The molecule has 0 radical (unpaired) electrons. The minimum absolute atomic E-state index is 0.137. The van der Waals surface area contributed by atoms with Gasteiger partial charge in [0.05, 0.1) is 16.5 Å². The van der Waals surface area contributed by atoms with Crippen LogP contribution in [0.5, 0.6) is 0 Å². The predicted octanol–water partition coefficient (Wildman–Crippen LogP) is 3.88. The predicted molar refractivity (Wildman–Crippen MR) is 130 cm³/mol. The van der Waals surface area contributed by atoms with Gasteiger partial charge in [0.2, 0.25) is 5.91 Å². The number of amides is 3. The molecule has 1 aliphatic carbocycles. The number of hydrogen-bond donors (Lipinski definition) is 2. The molecule has 0 unspecified atom stereocenters. The van der Waals surface area contributed by atoms with Gasteiger partial charge in [-0.1, -0.05) is 11.6 Å². The number of aryl methyl sites for hydroxylation is 1. The Hall–Kier alpha value is -1.99. The minimum atomic E-state index is -3.64. The molecule has 1 saturated heterocycles. The second-order valence-electron chi connectivity index (χ2n) is 7.96. The quantitative estimate of drug-likeness (QED) is 0.568. The van der Waals surface area contributed by atoms with Gasteiger partial charge in [-0.05, 0) is 56.7 Å². The van der Waals surface area contributed by atoms with Crippen LogP contribution in [0.15, 0.2) is 16.3 Å². The fourth-order valence-electron chi connectivity index (χ4n) is 4.19. The number of halogens is 1. The lowest BCUT2D eigenvalue weighted by Gasteiger charge is -2.30. The van der Waals surface area contributed by atoms with Crippen LogP contribution < -0.4 is 10.6 Å². The summed E-state index contributed by atoms with van der Waals surface area (Å²) in [5, 5.41) is 5.50. The number of sulfonamides is 1. The number of nitrogens with zero attached hydrogens (tertiary/aromatic N) is 1. The van der Waals surface area contributed by atoms with Gasteiger partial charge in [0.25, 0.3) is 15.9 Å². The molecule has 4 rings (SSSR count). The maximum absolute atomic E-state index is 13.0. The van der Waals surface area contributed by atoms with Crippen LogP contribution in [-0.2, 0) is 32.4 Å². The molecule has 1 aliphatic heterocycles. The second-order valence-corrected chi connectivity index (χ2v) is 12.9. The average molecular weight is 546 g/mol. The van der Waals surface area contributed by atoms with Gasteiger partial charge < -0.3 is 10.1 Å². The van der Waals surface area contributed by atoms with E-state index in [4.69, 9.17) is 16.3 Å². The van der Waals surface area contributed by atoms with Crippen LogP contribution >= 0.6 is 34.3 Å². The van der Waals surface area contributed by atoms with Crippen molar-refractivity contribution in [3.05, 3.63) is 32.5 Å². The van der Waals surface area contributed by atoms with Gasteiger partial charge >= 0.3 is 6.09 Å². The first-order valence-electron chi connectivity index (χ1n) is 10.9. The summed E-state index contributed by atoms with van der Waals surface area (Å²) in [5.41, 5.74) is 1.17. The van der Waals surface area contributed by atoms with Gasteiger partial charge in [0.15, 0.2) is 0 Å². The molecule has 0 spiro atoms. The van der Waals surface area contributed by atoms with Crippen LogP contribution in [0, 0.1) is 5.92 Å². The Bertz CT molecular complexity index is 1210. The topological polar surface area (TPSA) is 122 Å². The summed E-state index contributed by atoms with van der Waals surface area (Å²) < 4.78 is 32.4. The first-order chi connectivity index (χ1) is 16.2. The average Bonchev–Trinajstić information content (AvgIpc) is 3.50. The molecule has 3 amide bonds. The second kappa shape index (κ2) is 10.3. The van der Waals surface area contributed by atoms with Crippen molar-refractivity contribution in [2.24, 2.45) is 5.92 Å². The van der Waals surface area contributed by atoms with Crippen molar-refractivity contribution in [2.75, 3.05) is 25.0 Å². The minimum Gasteiger partial charge on any atom is -0.450 e. The fraction of sp³-hybridized carbons (Fsp3) is 0.476. The number of thiophene rings is 2. The number of anilines is 1. The molecule has 2 N–H and O–H groups in total. The zero-order valence-electron chi connectivity index (χ0n) is 18.4. The number of rotatable bonds is 6. The largest absolute Gasteiger partial charge is 0.450 e. The number of nitrogens with one attached hydrogen (secondary N) is 2. The highest BCUT2D eigenvalue weighted by Gasteiger charge is 2.34. The maximum atomic E-state index is 13.0. The summed E-state index contributed by atoms with van der Waals surface area (Å²) in [6, 6.07) is 3.04. The molecule has 1 fully saturated rings. The zero-order valence-corrected chi connectivity index (χ0v) is 21.6. The monoisotopic (exact) mass is 545 g/mol. The molecule has 0 atom stereocenters. The third-order valence-electron chi connectivity index (χ3n) is 5.84. The molecule has 2 aromatic heterocycles. The molecule has 34 heavy (non-hydrogen) atoms. The van der Waals surface area contributed by atoms with E-state index in [-0.39, 0.29) is 29.8 Å². The molecule has 2 aliphatic rings. The van der Waals surface area contributed by atoms with Gasteiger partial charge in [-0.2, -0.15) is 4.31 Å². The summed E-state index contributed by atoms with van der Waals surface area (Å²) >= 11 is 8.24. The Labute approximate surface area is 210 Å². The lowest BCUT2D eigenvalue weighted by atomic mass is 9.97. The fourth-order valence-corrected chi connectivity index (χ4v) is 8.59. The summed E-state index contributed by atoms with van der Waals surface area (Å²) in [6.45, 7) is 2.21. The van der Waals surface area contributed by atoms with Crippen molar-refractivity contribution < 1.29 is 27.5 Å². The van der Waals surface area contributed by atoms with Crippen LogP contribution in [-0.4, -0.2) is 50.3 Å². The highest BCUT2D eigenvalue weighted by atomic mass is 35.5. The number of alkyl carbamates (subject to hydrolysis) is 1. The standard InChI is InChI=1S/C21H24ClN3O6S3/c1-2-31-21(28)24-19(27)17-13-4-3-5-14(13)32-20(17)23-18(26)12-8-10-25(11-9-12)34(29,30)16-7-6-15(22)33-16/h6-7,12H,2-5,8-11H2,1H3,(H,23,26)(H,24,27,28). The summed E-state index contributed by atoms with van der Waals surface area (Å²) in [6.07, 6.45) is 2.33. The first kappa shape index (κ1) is 25.1. The molecule has 13 heteroatoms. The SMILES string of the molecule is CCOC(=O)NC(=O)c1c(NC(=O)C2CCN(S(=O)(=O)c3ccc(Cl)s3)CC2)sc2c1CCC2. The van der Waals surface area contributed by atoms with Gasteiger partial charge in [0, 0.05) is 23.9 Å². The molecule has 3 heterocycles. The number of fused-ring (bicyclic) bond motifs is 1. The van der Waals surface area contributed by atoms with E-state index in [9.17, 15) is 22.8 Å². The van der Waals surface area contributed by atoms with Gasteiger partial charge in [-0.25, -0.2) is 13.2 Å². The summed E-state index contributed by atoms with van der Waals surface area (Å²) in [5.74, 6) is -1.25. The summed E-state index contributed by atoms with van der Waals surface area (Å²) in [7, 11) is -3.64. The van der Waals surface area contributed by atoms with Gasteiger partial charge in [-0.3, -0.25) is 14.9 Å². The van der Waals surface area contributed by atoms with Crippen molar-refractivity contribution in [1.82, 2.24) is 9.62 Å². The molecule has 0 aromatic carbocycles. The number of carbonyl (C=O) groups is 3. The smallest absolute Gasteiger partial charge is 0.414 e. The van der Waals surface area contributed by atoms with E-state index in [0.717, 1.165) is 34.6 Å². The normalized spacial score (nSPS) is 16.8. The Morgan fingerprint density at radius 2 is 1.91 bits per heavy atom. The number of imide groups is 1. The van der Waals surface area contributed by atoms with Gasteiger partial charge in [-0.15, -0.1) is 22.7 Å². The molecule has 0 bridgehead atoms. The molecule has 2 aromatic rings. The van der Waals surface area contributed by atoms with Gasteiger partial charge in [0.1, 0.15) is 9.21 Å². The van der Waals surface area contributed by atoms with Crippen LogP contribution in [0.2, 0.25) is 4.34 Å².